The van der Waals surface area contributed by atoms with Crippen LogP contribution in [0, 0.1) is 0 Å². The van der Waals surface area contributed by atoms with Gasteiger partial charge < -0.3 is 20.3 Å². The fraction of sp³-hybridized carbons (Fsp3) is 0.167. The number of nitrogens with zero attached hydrogens (tertiary/aromatic N) is 5. The summed E-state index contributed by atoms with van der Waals surface area (Å²) in [4.78, 5) is 44.7. The molecule has 0 aliphatic rings. The van der Waals surface area contributed by atoms with Crippen molar-refractivity contribution in [1.82, 2.24) is 28.7 Å². The molecule has 15 nitrogen and oxygen atoms in total. The standard InChI is InChI=1S/C24H26N8O7P2/c25-24-27-22-21(23(33)28-24)30(14-18-6-8-20(9-7-18)19-4-2-1-3-5-19)16-31(22)17-38-12-13-39-41(36,37)29-40(34,35)32-11-10-26-15-32/h1-11,15-16H,12-14,17H2,(H5-,25,27,28,29,33,34,35,36,37)/p+1. The summed E-state index contributed by atoms with van der Waals surface area (Å²) < 4.78 is 38.9. The second-order valence-electron chi connectivity index (χ2n) is 8.88. The highest BCUT2D eigenvalue weighted by Gasteiger charge is 2.32. The normalized spacial score (nSPS) is 14.6. The van der Waals surface area contributed by atoms with Gasteiger partial charge in [-0.1, -0.05) is 54.6 Å². The molecule has 0 bridgehead atoms. The van der Waals surface area contributed by atoms with Crippen LogP contribution in [0.25, 0.3) is 22.3 Å². The van der Waals surface area contributed by atoms with E-state index < -0.39 is 21.0 Å². The van der Waals surface area contributed by atoms with Crippen LogP contribution in [0.1, 0.15) is 5.56 Å². The maximum atomic E-state index is 12.8. The Labute approximate surface area is 233 Å². The first-order valence-corrected chi connectivity index (χ1v) is 15.4. The molecule has 0 fully saturated rings. The van der Waals surface area contributed by atoms with E-state index in [1.54, 1.807) is 20.3 Å². The third kappa shape index (κ3) is 6.87. The Morgan fingerprint density at radius 2 is 1.78 bits per heavy atom. The van der Waals surface area contributed by atoms with Crippen LogP contribution in [-0.4, -0.2) is 46.9 Å². The van der Waals surface area contributed by atoms with Crippen LogP contribution in [0.2, 0.25) is 0 Å². The molecule has 0 spiro atoms. The highest BCUT2D eigenvalue weighted by atomic mass is 31.3. The van der Waals surface area contributed by atoms with Crippen molar-refractivity contribution in [3.8, 4) is 11.1 Å². The van der Waals surface area contributed by atoms with Crippen molar-refractivity contribution in [2.45, 2.75) is 13.3 Å². The number of rotatable bonds is 12. The van der Waals surface area contributed by atoms with Gasteiger partial charge in [-0.15, -0.1) is 4.86 Å². The summed E-state index contributed by atoms with van der Waals surface area (Å²) in [5.74, 6) is -0.0665. The summed E-state index contributed by atoms with van der Waals surface area (Å²) in [7, 11) is -9.09. The van der Waals surface area contributed by atoms with Gasteiger partial charge in [0.2, 0.25) is 12.3 Å². The van der Waals surface area contributed by atoms with Crippen molar-refractivity contribution in [3.05, 3.63) is 95.6 Å². The molecule has 2 aromatic carbocycles. The Kier molecular flexibility index (Phi) is 8.29. The smallest absolute Gasteiger partial charge is 0.369 e. The first kappa shape index (κ1) is 28.6. The van der Waals surface area contributed by atoms with Gasteiger partial charge in [-0.25, -0.2) is 18.7 Å². The van der Waals surface area contributed by atoms with Crippen molar-refractivity contribution in [2.75, 3.05) is 18.9 Å². The second-order valence-corrected chi connectivity index (χ2v) is 12.5. The highest BCUT2D eigenvalue weighted by Crippen LogP contribution is 2.51. The van der Waals surface area contributed by atoms with E-state index in [1.165, 1.54) is 6.20 Å². The SMILES string of the molecule is Nc1nc2c(c(=O)[nH]1)[n+](Cc1ccc(-c3ccccc3)cc1)cn2COCCOP(=O)(O)NP(=O)(O)n1ccnc1. The molecule has 6 N–H and O–H groups in total. The number of hydrogen-bond acceptors (Lipinski definition) is 8. The number of ether oxygens (including phenoxy) is 1. The minimum Gasteiger partial charge on any atom is -0.369 e. The van der Waals surface area contributed by atoms with E-state index in [4.69, 9.17) is 15.0 Å². The molecular formula is C24H27N8O7P2+. The number of nitrogens with one attached hydrogen (secondary N) is 2. The molecule has 0 aliphatic heterocycles. The lowest BCUT2D eigenvalue weighted by Gasteiger charge is -2.18. The third-order valence-electron chi connectivity index (χ3n) is 5.93. The van der Waals surface area contributed by atoms with Crippen molar-refractivity contribution in [1.29, 1.82) is 0 Å². The van der Waals surface area contributed by atoms with Crippen LogP contribution in [0.5, 0.6) is 0 Å². The predicted molar refractivity (Wildman–Crippen MR) is 148 cm³/mol. The summed E-state index contributed by atoms with van der Waals surface area (Å²) in [6.45, 7) is -0.264. The summed E-state index contributed by atoms with van der Waals surface area (Å²) in [6, 6.07) is 17.9. The first-order chi connectivity index (χ1) is 19.6. The number of fused-ring (bicyclic) bond motifs is 1. The molecule has 0 saturated heterocycles. The van der Waals surface area contributed by atoms with E-state index in [0.717, 1.165) is 33.6 Å². The number of nitrogens with two attached hydrogens (primary N) is 1. The Morgan fingerprint density at radius 3 is 2.49 bits per heavy atom. The van der Waals surface area contributed by atoms with Gasteiger partial charge >= 0.3 is 21.0 Å². The van der Waals surface area contributed by atoms with Crippen LogP contribution in [0.4, 0.5) is 5.95 Å². The second kappa shape index (κ2) is 11.9. The lowest BCUT2D eigenvalue weighted by atomic mass is 10.0. The summed E-state index contributed by atoms with van der Waals surface area (Å²) in [5, 5.41) is 0. The van der Waals surface area contributed by atoms with Gasteiger partial charge in [0.15, 0.2) is 6.73 Å². The minimum absolute atomic E-state index is 0.0665. The molecule has 17 heteroatoms. The van der Waals surface area contributed by atoms with Crippen LogP contribution in [0.3, 0.4) is 0 Å². The van der Waals surface area contributed by atoms with Gasteiger partial charge in [0.1, 0.15) is 12.9 Å². The van der Waals surface area contributed by atoms with Crippen LogP contribution < -0.4 is 20.7 Å². The molecular weight excluding hydrogens is 574 g/mol. The maximum Gasteiger partial charge on any atom is 0.412 e. The van der Waals surface area contributed by atoms with E-state index in [-0.39, 0.29) is 37.1 Å². The van der Waals surface area contributed by atoms with Gasteiger partial charge in [0.25, 0.3) is 11.2 Å². The zero-order valence-electron chi connectivity index (χ0n) is 21.5. The molecule has 0 saturated carbocycles. The fourth-order valence-corrected chi connectivity index (χ4v) is 6.82. The molecule has 0 radical (unpaired) electrons. The molecule has 5 rings (SSSR count). The summed E-state index contributed by atoms with van der Waals surface area (Å²) >= 11 is 0. The van der Waals surface area contributed by atoms with E-state index in [0.29, 0.717) is 6.54 Å². The number of hydrogen-bond donors (Lipinski definition) is 5. The van der Waals surface area contributed by atoms with Crippen molar-refractivity contribution in [2.24, 2.45) is 0 Å². The molecule has 2 unspecified atom stereocenters. The molecule has 5 aromatic rings. The van der Waals surface area contributed by atoms with Crippen LogP contribution in [0.15, 0.2) is 84.4 Å². The number of imidazole rings is 2. The summed E-state index contributed by atoms with van der Waals surface area (Å²) in [5.41, 5.74) is 9.02. The number of anilines is 1. The Hall–Kier alpha value is -3.94. The number of aromatic amines is 1. The Bertz CT molecular complexity index is 1790. The molecule has 0 aliphatic carbocycles. The molecule has 2 atom stereocenters. The Morgan fingerprint density at radius 1 is 1.05 bits per heavy atom. The number of aromatic nitrogens is 6. The zero-order valence-corrected chi connectivity index (χ0v) is 23.3. The average molecular weight is 601 g/mol. The van der Waals surface area contributed by atoms with Crippen molar-refractivity contribution in [3.63, 3.8) is 0 Å². The lowest BCUT2D eigenvalue weighted by Crippen LogP contribution is -2.37. The fourth-order valence-electron chi connectivity index (χ4n) is 4.10. The molecule has 41 heavy (non-hydrogen) atoms. The number of benzene rings is 2. The lowest BCUT2D eigenvalue weighted by molar-refractivity contribution is -0.664. The number of nitrogen functional groups attached to an aromatic ring is 1. The Balaban J connectivity index is 1.24. The molecule has 3 aromatic heterocycles. The van der Waals surface area contributed by atoms with Crippen LogP contribution in [-0.2, 0) is 31.7 Å². The predicted octanol–water partition coefficient (Wildman–Crippen LogP) is 1.84. The van der Waals surface area contributed by atoms with Gasteiger partial charge in [-0.2, -0.15) is 9.55 Å². The topological polar surface area (TPSA) is 203 Å². The van der Waals surface area contributed by atoms with Gasteiger partial charge in [-0.05, 0) is 16.7 Å². The largest absolute Gasteiger partial charge is 0.412 e. The number of H-pyrrole nitrogens is 1. The quantitative estimate of drug-likeness (QED) is 0.0793. The zero-order chi connectivity index (χ0) is 29.0. The minimum atomic E-state index is -4.65. The first-order valence-electron chi connectivity index (χ1n) is 12.2. The van der Waals surface area contributed by atoms with E-state index >= 15 is 0 Å². The monoisotopic (exact) mass is 601 g/mol. The van der Waals surface area contributed by atoms with Gasteiger partial charge in [0, 0.05) is 12.4 Å². The third-order valence-corrected chi connectivity index (χ3v) is 9.38. The molecule has 0 amide bonds. The van der Waals surface area contributed by atoms with Crippen molar-refractivity contribution < 1.29 is 32.7 Å². The van der Waals surface area contributed by atoms with Crippen molar-refractivity contribution >= 4 is 32.5 Å². The maximum absolute atomic E-state index is 12.8. The highest BCUT2D eigenvalue weighted by molar-refractivity contribution is 7.68. The van der Waals surface area contributed by atoms with E-state index in [1.807, 2.05) is 54.6 Å². The van der Waals surface area contributed by atoms with E-state index in [2.05, 4.69) is 15.0 Å². The van der Waals surface area contributed by atoms with E-state index in [9.17, 15) is 23.7 Å². The summed E-state index contributed by atoms with van der Waals surface area (Å²) in [6.07, 6.45) is 5.09. The van der Waals surface area contributed by atoms with Gasteiger partial charge in [-0.3, -0.25) is 18.6 Å². The average Bonchev–Trinajstić information content (AvgIpc) is 3.59. The molecule has 3 heterocycles. The van der Waals surface area contributed by atoms with Crippen LogP contribution >= 0.6 is 15.4 Å². The molecule has 214 valence electrons. The van der Waals surface area contributed by atoms with Gasteiger partial charge in [0.05, 0.1) is 13.2 Å².